The number of hydrogen-bond acceptors (Lipinski definition) is 5. The molecule has 166 valence electrons. The van der Waals surface area contributed by atoms with E-state index in [-0.39, 0.29) is 24.2 Å². The van der Waals surface area contributed by atoms with Crippen LogP contribution in [-0.2, 0) is 11.3 Å². The Labute approximate surface area is 187 Å². The van der Waals surface area contributed by atoms with Crippen molar-refractivity contribution in [3.05, 3.63) is 93.3 Å². The Kier molecular flexibility index (Phi) is 6.32. The number of aromatic nitrogens is 2. The van der Waals surface area contributed by atoms with Crippen molar-refractivity contribution in [1.82, 2.24) is 19.6 Å². The van der Waals surface area contributed by atoms with Crippen molar-refractivity contribution in [2.24, 2.45) is 0 Å². The Balaban J connectivity index is 1.45. The van der Waals surface area contributed by atoms with Crippen LogP contribution < -0.4 is 0 Å². The Morgan fingerprint density at radius 3 is 1.97 bits per heavy atom. The molecule has 0 radical (unpaired) electrons. The van der Waals surface area contributed by atoms with Crippen molar-refractivity contribution in [2.45, 2.75) is 26.4 Å². The molecule has 0 spiro atoms. The highest BCUT2D eigenvalue weighted by molar-refractivity contribution is 5.76. The Morgan fingerprint density at radius 2 is 1.50 bits per heavy atom. The zero-order chi connectivity index (χ0) is 22.7. The maximum Gasteiger partial charge on any atom is 0.312 e. The van der Waals surface area contributed by atoms with Crippen molar-refractivity contribution >= 4 is 11.6 Å². The highest BCUT2D eigenvalue weighted by atomic mass is 16.6. The first kappa shape index (κ1) is 21.7. The van der Waals surface area contributed by atoms with Gasteiger partial charge in [-0.1, -0.05) is 60.7 Å². The summed E-state index contributed by atoms with van der Waals surface area (Å²) in [4.78, 5) is 27.9. The van der Waals surface area contributed by atoms with Crippen LogP contribution in [-0.4, -0.2) is 56.6 Å². The molecule has 32 heavy (non-hydrogen) atoms. The van der Waals surface area contributed by atoms with Gasteiger partial charge in [0.2, 0.25) is 5.91 Å². The molecule has 0 aliphatic carbocycles. The third kappa shape index (κ3) is 4.40. The summed E-state index contributed by atoms with van der Waals surface area (Å²) in [6.45, 7) is 5.95. The minimum Gasteiger partial charge on any atom is -0.339 e. The molecule has 1 amide bonds. The third-order valence-electron chi connectivity index (χ3n) is 6.07. The molecule has 4 rings (SSSR count). The lowest BCUT2D eigenvalue weighted by atomic mass is 9.96. The van der Waals surface area contributed by atoms with Crippen molar-refractivity contribution in [1.29, 1.82) is 0 Å². The van der Waals surface area contributed by atoms with E-state index in [0.29, 0.717) is 24.5 Å². The predicted octanol–water partition coefficient (Wildman–Crippen LogP) is 3.34. The number of amides is 1. The summed E-state index contributed by atoms with van der Waals surface area (Å²) in [5.41, 5.74) is 3.18. The summed E-state index contributed by atoms with van der Waals surface area (Å²) in [7, 11) is 0. The maximum absolute atomic E-state index is 12.9. The molecular formula is C24H27N5O3. The molecule has 0 bridgehead atoms. The molecule has 0 saturated carbocycles. The average molecular weight is 434 g/mol. The number of nitro groups is 1. The fourth-order valence-electron chi connectivity index (χ4n) is 4.45. The van der Waals surface area contributed by atoms with E-state index < -0.39 is 4.92 Å². The highest BCUT2D eigenvalue weighted by Crippen LogP contribution is 2.29. The van der Waals surface area contributed by atoms with Gasteiger partial charge in [-0.3, -0.25) is 24.5 Å². The molecule has 8 nitrogen and oxygen atoms in total. The van der Waals surface area contributed by atoms with Crippen LogP contribution in [0.15, 0.2) is 60.7 Å². The van der Waals surface area contributed by atoms with Gasteiger partial charge >= 0.3 is 5.69 Å². The van der Waals surface area contributed by atoms with Crippen molar-refractivity contribution in [3.63, 3.8) is 0 Å². The van der Waals surface area contributed by atoms with Gasteiger partial charge in [-0.05, 0) is 25.0 Å². The minimum absolute atomic E-state index is 0.0152. The molecule has 0 N–H and O–H groups in total. The molecule has 2 heterocycles. The van der Waals surface area contributed by atoms with E-state index in [4.69, 9.17) is 0 Å². The van der Waals surface area contributed by atoms with E-state index in [1.54, 1.807) is 13.8 Å². The summed E-state index contributed by atoms with van der Waals surface area (Å²) in [5.74, 6) is -0.0684. The lowest BCUT2D eigenvalue weighted by molar-refractivity contribution is -0.386. The van der Waals surface area contributed by atoms with Crippen LogP contribution in [0.3, 0.4) is 0 Å². The highest BCUT2D eigenvalue weighted by Gasteiger charge is 2.29. The Bertz CT molecular complexity index is 1050. The van der Waals surface area contributed by atoms with E-state index in [2.05, 4.69) is 58.5 Å². The lowest BCUT2D eigenvalue weighted by Crippen LogP contribution is -2.50. The minimum atomic E-state index is -0.440. The van der Waals surface area contributed by atoms with Crippen molar-refractivity contribution in [2.75, 3.05) is 26.2 Å². The molecule has 1 aromatic heterocycles. The van der Waals surface area contributed by atoms with Crippen LogP contribution in [0.25, 0.3) is 0 Å². The van der Waals surface area contributed by atoms with Crippen molar-refractivity contribution in [3.8, 4) is 0 Å². The Hall–Kier alpha value is -3.52. The van der Waals surface area contributed by atoms with Gasteiger partial charge in [0, 0.05) is 26.2 Å². The molecule has 8 heteroatoms. The number of rotatable bonds is 6. The SMILES string of the molecule is Cc1nn(CC(=O)N2CCN(C(c3ccccc3)c3ccccc3)CC2)c(C)c1[N+](=O)[O-]. The Morgan fingerprint density at radius 1 is 0.969 bits per heavy atom. The van der Waals surface area contributed by atoms with E-state index in [1.807, 2.05) is 17.0 Å². The number of hydrogen-bond donors (Lipinski definition) is 0. The largest absolute Gasteiger partial charge is 0.339 e. The second-order valence-corrected chi connectivity index (χ2v) is 8.07. The molecule has 0 atom stereocenters. The zero-order valence-corrected chi connectivity index (χ0v) is 18.3. The predicted molar refractivity (Wildman–Crippen MR) is 121 cm³/mol. The fourth-order valence-corrected chi connectivity index (χ4v) is 4.45. The summed E-state index contributed by atoms with van der Waals surface area (Å²) in [6, 6.07) is 21.0. The topological polar surface area (TPSA) is 84.5 Å². The number of piperazine rings is 1. The molecule has 1 aliphatic heterocycles. The van der Waals surface area contributed by atoms with Crippen LogP contribution in [0, 0.1) is 24.0 Å². The quantitative estimate of drug-likeness (QED) is 0.440. The molecule has 3 aromatic rings. The van der Waals surface area contributed by atoms with Gasteiger partial charge < -0.3 is 4.90 Å². The number of benzene rings is 2. The number of carbonyl (C=O) groups excluding carboxylic acids is 1. The van der Waals surface area contributed by atoms with Gasteiger partial charge in [-0.25, -0.2) is 0 Å². The van der Waals surface area contributed by atoms with E-state index >= 15 is 0 Å². The third-order valence-corrected chi connectivity index (χ3v) is 6.07. The molecule has 1 saturated heterocycles. The van der Waals surface area contributed by atoms with Gasteiger partial charge in [-0.2, -0.15) is 5.10 Å². The zero-order valence-electron chi connectivity index (χ0n) is 18.3. The van der Waals surface area contributed by atoms with Crippen LogP contribution in [0.1, 0.15) is 28.6 Å². The maximum atomic E-state index is 12.9. The normalized spacial score (nSPS) is 14.7. The smallest absolute Gasteiger partial charge is 0.312 e. The molecule has 1 fully saturated rings. The summed E-state index contributed by atoms with van der Waals surface area (Å²) >= 11 is 0. The van der Waals surface area contributed by atoms with E-state index in [9.17, 15) is 14.9 Å². The lowest BCUT2D eigenvalue weighted by Gasteiger charge is -2.39. The first-order valence-corrected chi connectivity index (χ1v) is 10.8. The van der Waals surface area contributed by atoms with Crippen LogP contribution >= 0.6 is 0 Å². The summed E-state index contributed by atoms with van der Waals surface area (Å²) in [5, 5.41) is 15.4. The molecule has 2 aromatic carbocycles. The second kappa shape index (κ2) is 9.32. The standard InChI is InChI=1S/C24H27N5O3/c1-18-23(29(31)32)19(2)28(25-18)17-22(30)26-13-15-27(16-14-26)24(20-9-5-3-6-10-20)21-11-7-4-8-12-21/h3-12,24H,13-17H2,1-2H3. The van der Waals surface area contributed by atoms with Crippen LogP contribution in [0.2, 0.25) is 0 Å². The van der Waals surface area contributed by atoms with Gasteiger partial charge in [0.15, 0.2) is 0 Å². The molecule has 1 aliphatic rings. The van der Waals surface area contributed by atoms with Gasteiger partial charge in [0.05, 0.1) is 11.0 Å². The number of carbonyl (C=O) groups is 1. The van der Waals surface area contributed by atoms with E-state index in [0.717, 1.165) is 13.1 Å². The fraction of sp³-hybridized carbons (Fsp3) is 0.333. The average Bonchev–Trinajstić information content (AvgIpc) is 3.08. The van der Waals surface area contributed by atoms with Crippen LogP contribution in [0.4, 0.5) is 5.69 Å². The van der Waals surface area contributed by atoms with Gasteiger partial charge in [0.25, 0.3) is 0 Å². The second-order valence-electron chi connectivity index (χ2n) is 8.07. The number of aryl methyl sites for hydroxylation is 1. The molecule has 0 unspecified atom stereocenters. The number of nitrogens with zero attached hydrogens (tertiary/aromatic N) is 5. The summed E-state index contributed by atoms with van der Waals surface area (Å²) < 4.78 is 1.44. The monoisotopic (exact) mass is 433 g/mol. The molecular weight excluding hydrogens is 406 g/mol. The van der Waals surface area contributed by atoms with Crippen molar-refractivity contribution < 1.29 is 9.72 Å². The van der Waals surface area contributed by atoms with Crippen LogP contribution in [0.5, 0.6) is 0 Å². The summed E-state index contributed by atoms with van der Waals surface area (Å²) in [6.07, 6.45) is 0. The first-order valence-electron chi connectivity index (χ1n) is 10.8. The van der Waals surface area contributed by atoms with E-state index in [1.165, 1.54) is 15.8 Å². The first-order chi connectivity index (χ1) is 15.5. The van der Waals surface area contributed by atoms with Gasteiger partial charge in [-0.15, -0.1) is 0 Å². The van der Waals surface area contributed by atoms with Gasteiger partial charge in [0.1, 0.15) is 17.9 Å².